The van der Waals surface area contributed by atoms with Crippen molar-refractivity contribution in [2.45, 2.75) is 31.7 Å². The summed E-state index contributed by atoms with van der Waals surface area (Å²) in [5.74, 6) is -0.334. The number of thiophene rings is 1. The van der Waals surface area contributed by atoms with Crippen LogP contribution in [0.5, 0.6) is 0 Å². The maximum atomic E-state index is 12.7. The molecule has 7 heteroatoms. The fourth-order valence-corrected chi connectivity index (χ4v) is 4.82. The Morgan fingerprint density at radius 2 is 2.00 bits per heavy atom. The van der Waals surface area contributed by atoms with Crippen molar-refractivity contribution in [1.29, 1.82) is 0 Å². The van der Waals surface area contributed by atoms with E-state index in [-0.39, 0.29) is 18.2 Å². The first kappa shape index (κ1) is 19.3. The second kappa shape index (κ2) is 8.97. The van der Waals surface area contributed by atoms with Gasteiger partial charge in [0.15, 0.2) is 0 Å². The van der Waals surface area contributed by atoms with Crippen LogP contribution in [0.25, 0.3) is 0 Å². The van der Waals surface area contributed by atoms with Crippen molar-refractivity contribution < 1.29 is 14.7 Å². The minimum absolute atomic E-state index is 0.167. The molecule has 6 nitrogen and oxygen atoms in total. The van der Waals surface area contributed by atoms with Gasteiger partial charge in [-0.25, -0.2) is 0 Å². The number of carboxylic acids is 1. The van der Waals surface area contributed by atoms with E-state index in [2.05, 4.69) is 16.8 Å². The standard InChI is InChI=1S/C19H29N3O3S/c1-20-7-9-21(10-8-20)17-4-6-22(13-16(17)2-3-19(24)25)18(23)12-15-5-11-26-14-15/h5,11,14,16-17H,2-4,6-10,12-13H2,1H3,(H,24,25)/t16-,17+/m0/s1. The average Bonchev–Trinajstić information content (AvgIpc) is 3.13. The quantitative estimate of drug-likeness (QED) is 0.814. The van der Waals surface area contributed by atoms with Crippen LogP contribution < -0.4 is 0 Å². The van der Waals surface area contributed by atoms with Crippen molar-refractivity contribution in [3.63, 3.8) is 0 Å². The van der Waals surface area contributed by atoms with Crippen molar-refractivity contribution in [3.8, 4) is 0 Å². The fourth-order valence-electron chi connectivity index (χ4n) is 4.15. The van der Waals surface area contributed by atoms with Gasteiger partial charge >= 0.3 is 5.97 Å². The van der Waals surface area contributed by atoms with Crippen LogP contribution >= 0.6 is 11.3 Å². The highest BCUT2D eigenvalue weighted by Gasteiger charge is 2.35. The van der Waals surface area contributed by atoms with Crippen molar-refractivity contribution >= 4 is 23.2 Å². The Labute approximate surface area is 159 Å². The number of amides is 1. The molecule has 0 unspecified atom stereocenters. The number of carbonyl (C=O) groups excluding carboxylic acids is 1. The van der Waals surface area contributed by atoms with Gasteiger partial charge in [-0.3, -0.25) is 14.5 Å². The zero-order valence-electron chi connectivity index (χ0n) is 15.5. The van der Waals surface area contributed by atoms with E-state index in [1.54, 1.807) is 11.3 Å². The van der Waals surface area contributed by atoms with Crippen LogP contribution in [0.3, 0.4) is 0 Å². The Kier molecular flexibility index (Phi) is 6.67. The van der Waals surface area contributed by atoms with E-state index < -0.39 is 5.97 Å². The molecule has 144 valence electrons. The maximum Gasteiger partial charge on any atom is 0.303 e. The molecule has 2 atom stereocenters. The molecule has 1 N–H and O–H groups in total. The van der Waals surface area contributed by atoms with Crippen molar-refractivity contribution in [2.75, 3.05) is 46.3 Å². The maximum absolute atomic E-state index is 12.7. The number of aliphatic carboxylic acids is 1. The molecule has 0 aliphatic carbocycles. The second-order valence-electron chi connectivity index (χ2n) is 7.54. The zero-order valence-corrected chi connectivity index (χ0v) is 16.3. The van der Waals surface area contributed by atoms with Crippen LogP contribution in [-0.2, 0) is 16.0 Å². The lowest BCUT2D eigenvalue weighted by Crippen LogP contribution is -2.57. The van der Waals surface area contributed by atoms with E-state index in [1.165, 1.54) is 0 Å². The number of likely N-dealkylation sites (N-methyl/N-ethyl adjacent to an activating group) is 1. The van der Waals surface area contributed by atoms with Gasteiger partial charge < -0.3 is 14.9 Å². The van der Waals surface area contributed by atoms with E-state index in [0.717, 1.165) is 44.7 Å². The van der Waals surface area contributed by atoms with E-state index >= 15 is 0 Å². The van der Waals surface area contributed by atoms with Gasteiger partial charge in [-0.15, -0.1) is 0 Å². The van der Waals surface area contributed by atoms with Gasteiger partial charge in [-0.05, 0) is 48.2 Å². The van der Waals surface area contributed by atoms with Crippen molar-refractivity contribution in [1.82, 2.24) is 14.7 Å². The molecule has 1 aromatic heterocycles. The fraction of sp³-hybridized carbons (Fsp3) is 0.684. The van der Waals surface area contributed by atoms with Gasteiger partial charge in [0.25, 0.3) is 0 Å². The average molecular weight is 380 g/mol. The number of carboxylic acid groups (broad SMARTS) is 1. The smallest absolute Gasteiger partial charge is 0.303 e. The number of carbonyl (C=O) groups is 2. The van der Waals surface area contributed by atoms with Crippen LogP contribution in [0.15, 0.2) is 16.8 Å². The lowest BCUT2D eigenvalue weighted by molar-refractivity contribution is -0.137. The van der Waals surface area contributed by atoms with Gasteiger partial charge in [0.1, 0.15) is 0 Å². The first-order chi connectivity index (χ1) is 12.5. The molecule has 1 amide bonds. The third kappa shape index (κ3) is 5.05. The highest BCUT2D eigenvalue weighted by Crippen LogP contribution is 2.27. The highest BCUT2D eigenvalue weighted by molar-refractivity contribution is 7.08. The largest absolute Gasteiger partial charge is 0.481 e. The Morgan fingerprint density at radius 1 is 1.23 bits per heavy atom. The van der Waals surface area contributed by atoms with E-state index in [1.807, 2.05) is 21.7 Å². The molecule has 0 saturated carbocycles. The van der Waals surface area contributed by atoms with Gasteiger partial charge in [0, 0.05) is 51.7 Å². The summed E-state index contributed by atoms with van der Waals surface area (Å²) in [6.07, 6.45) is 2.23. The van der Waals surface area contributed by atoms with E-state index in [4.69, 9.17) is 5.11 Å². The highest BCUT2D eigenvalue weighted by atomic mass is 32.1. The predicted molar refractivity (Wildman–Crippen MR) is 102 cm³/mol. The normalized spacial score (nSPS) is 25.3. The van der Waals surface area contributed by atoms with Gasteiger partial charge in [-0.1, -0.05) is 0 Å². The summed E-state index contributed by atoms with van der Waals surface area (Å²) in [5.41, 5.74) is 1.07. The van der Waals surface area contributed by atoms with Crippen LogP contribution in [0, 0.1) is 5.92 Å². The molecule has 26 heavy (non-hydrogen) atoms. The number of hydrogen-bond acceptors (Lipinski definition) is 5. The number of rotatable bonds is 6. The van der Waals surface area contributed by atoms with Gasteiger partial charge in [0.05, 0.1) is 6.42 Å². The molecule has 0 spiro atoms. The molecule has 2 aliphatic heterocycles. The SMILES string of the molecule is CN1CCN([C@@H]2CCN(C(=O)Cc3ccsc3)C[C@@H]2CCC(=O)O)CC1. The Balaban J connectivity index is 1.62. The third-order valence-electron chi connectivity index (χ3n) is 5.72. The molecule has 3 heterocycles. The predicted octanol–water partition coefficient (Wildman–Crippen LogP) is 1.62. The molecule has 0 radical (unpaired) electrons. The number of hydrogen-bond donors (Lipinski definition) is 1. The molecule has 2 aliphatic rings. The second-order valence-corrected chi connectivity index (χ2v) is 8.32. The Morgan fingerprint density at radius 3 is 2.65 bits per heavy atom. The lowest BCUT2D eigenvalue weighted by atomic mass is 9.86. The molecule has 3 rings (SSSR count). The van der Waals surface area contributed by atoms with Gasteiger partial charge in [-0.2, -0.15) is 11.3 Å². The summed E-state index contributed by atoms with van der Waals surface area (Å²) in [6.45, 7) is 5.66. The molecule has 2 fully saturated rings. The van der Waals surface area contributed by atoms with E-state index in [9.17, 15) is 9.59 Å². The van der Waals surface area contributed by atoms with Crippen LogP contribution in [0.4, 0.5) is 0 Å². The lowest BCUT2D eigenvalue weighted by Gasteiger charge is -2.46. The number of piperazine rings is 1. The first-order valence-electron chi connectivity index (χ1n) is 9.46. The summed E-state index contributed by atoms with van der Waals surface area (Å²) in [4.78, 5) is 30.6. The van der Waals surface area contributed by atoms with Crippen molar-refractivity contribution in [2.24, 2.45) is 5.92 Å². The summed E-state index contributed by atoms with van der Waals surface area (Å²) in [7, 11) is 2.14. The number of likely N-dealkylation sites (tertiary alicyclic amines) is 1. The van der Waals surface area contributed by atoms with Crippen LogP contribution in [0.2, 0.25) is 0 Å². The minimum atomic E-state index is -0.746. The molecular weight excluding hydrogens is 350 g/mol. The molecule has 2 saturated heterocycles. The number of piperidine rings is 1. The number of nitrogens with zero attached hydrogens (tertiary/aromatic N) is 3. The molecular formula is C19H29N3O3S. The molecule has 1 aromatic rings. The summed E-state index contributed by atoms with van der Waals surface area (Å²) in [6, 6.07) is 2.40. The zero-order chi connectivity index (χ0) is 18.5. The van der Waals surface area contributed by atoms with Crippen LogP contribution in [-0.4, -0.2) is 84.0 Å². The van der Waals surface area contributed by atoms with E-state index in [0.29, 0.717) is 25.4 Å². The molecule has 0 aromatic carbocycles. The minimum Gasteiger partial charge on any atom is -0.481 e. The molecule has 0 bridgehead atoms. The summed E-state index contributed by atoms with van der Waals surface area (Å²) in [5, 5.41) is 13.1. The Bertz CT molecular complexity index is 599. The summed E-state index contributed by atoms with van der Waals surface area (Å²) < 4.78 is 0. The Hall–Kier alpha value is -1.44. The topological polar surface area (TPSA) is 64.1 Å². The van der Waals surface area contributed by atoms with Gasteiger partial charge in [0.2, 0.25) is 5.91 Å². The van der Waals surface area contributed by atoms with Crippen molar-refractivity contribution in [3.05, 3.63) is 22.4 Å². The monoisotopic (exact) mass is 379 g/mol. The third-order valence-corrected chi connectivity index (χ3v) is 6.45. The van der Waals surface area contributed by atoms with Crippen LogP contribution in [0.1, 0.15) is 24.8 Å². The first-order valence-corrected chi connectivity index (χ1v) is 10.4. The summed E-state index contributed by atoms with van der Waals surface area (Å²) >= 11 is 1.61.